The molecule has 2 aromatic carbocycles. The van der Waals surface area contributed by atoms with E-state index in [1.165, 1.54) is 12.1 Å². The van der Waals surface area contributed by atoms with Gasteiger partial charge in [0.05, 0.1) is 13.7 Å². The monoisotopic (exact) mass is 391 g/mol. The molecule has 2 aromatic heterocycles. The van der Waals surface area contributed by atoms with Crippen molar-refractivity contribution in [3.63, 3.8) is 0 Å². The molecular weight excluding hydrogens is 373 g/mol. The molecule has 0 fully saturated rings. The van der Waals surface area contributed by atoms with Crippen LogP contribution in [-0.4, -0.2) is 32.6 Å². The standard InChI is InChI=1S/C21H18FN5O2/c1-29-18-9-5-8-17(13-18)23-20(28)19-21(26-10-2-3-11-26)27(25-24-19)14-15-6-4-7-16(22)12-15/h2-13H,14H2,1H3,(H,23,28). The molecule has 0 atom stereocenters. The SMILES string of the molecule is COc1cccc(NC(=O)c2nnn(Cc3cccc(F)c3)c2-n2cccc2)c1. The third kappa shape index (κ3) is 4.01. The van der Waals surface area contributed by atoms with Gasteiger partial charge < -0.3 is 14.6 Å². The van der Waals surface area contributed by atoms with Gasteiger partial charge in [0.2, 0.25) is 0 Å². The van der Waals surface area contributed by atoms with Crippen molar-refractivity contribution in [1.82, 2.24) is 19.6 Å². The summed E-state index contributed by atoms with van der Waals surface area (Å²) in [6.45, 7) is 0.269. The van der Waals surface area contributed by atoms with E-state index in [9.17, 15) is 9.18 Å². The zero-order valence-electron chi connectivity index (χ0n) is 15.6. The van der Waals surface area contributed by atoms with Crippen molar-refractivity contribution in [2.75, 3.05) is 12.4 Å². The number of benzene rings is 2. The molecule has 0 unspecified atom stereocenters. The molecule has 4 aromatic rings. The van der Waals surface area contributed by atoms with E-state index in [1.807, 2.05) is 12.1 Å². The van der Waals surface area contributed by atoms with E-state index in [4.69, 9.17) is 4.74 Å². The van der Waals surface area contributed by atoms with Gasteiger partial charge in [-0.15, -0.1) is 5.10 Å². The van der Waals surface area contributed by atoms with Crippen molar-refractivity contribution in [1.29, 1.82) is 0 Å². The summed E-state index contributed by atoms with van der Waals surface area (Å²) in [5, 5.41) is 11.0. The summed E-state index contributed by atoms with van der Waals surface area (Å²) in [4.78, 5) is 12.9. The van der Waals surface area contributed by atoms with Crippen LogP contribution in [0.4, 0.5) is 10.1 Å². The van der Waals surface area contributed by atoms with Gasteiger partial charge in [-0.3, -0.25) is 4.79 Å². The lowest BCUT2D eigenvalue weighted by Gasteiger charge is -2.10. The summed E-state index contributed by atoms with van der Waals surface area (Å²) in [6, 6.07) is 16.9. The topological polar surface area (TPSA) is 74.0 Å². The van der Waals surface area contributed by atoms with Crippen molar-refractivity contribution in [2.45, 2.75) is 6.54 Å². The third-order valence-electron chi connectivity index (χ3n) is 4.32. The van der Waals surface area contributed by atoms with Crippen molar-refractivity contribution in [3.05, 3.63) is 90.1 Å². The fourth-order valence-electron chi connectivity index (χ4n) is 2.99. The molecule has 2 heterocycles. The maximum Gasteiger partial charge on any atom is 0.280 e. The van der Waals surface area contributed by atoms with Gasteiger partial charge in [0.15, 0.2) is 11.5 Å². The van der Waals surface area contributed by atoms with E-state index in [-0.39, 0.29) is 18.1 Å². The first kappa shape index (κ1) is 18.4. The molecule has 0 aliphatic carbocycles. The predicted octanol–water partition coefficient (Wildman–Crippen LogP) is 3.52. The first-order valence-electron chi connectivity index (χ1n) is 8.91. The van der Waals surface area contributed by atoms with E-state index < -0.39 is 5.91 Å². The number of carbonyl (C=O) groups is 1. The quantitative estimate of drug-likeness (QED) is 0.546. The first-order valence-corrected chi connectivity index (χ1v) is 8.91. The summed E-state index contributed by atoms with van der Waals surface area (Å²) in [5.41, 5.74) is 1.44. The Hall–Kier alpha value is -3.94. The second-order valence-electron chi connectivity index (χ2n) is 6.33. The molecule has 8 heteroatoms. The summed E-state index contributed by atoms with van der Waals surface area (Å²) in [7, 11) is 1.56. The minimum atomic E-state index is -0.410. The average molecular weight is 391 g/mol. The van der Waals surface area contributed by atoms with Crippen LogP contribution in [0.3, 0.4) is 0 Å². The number of anilines is 1. The van der Waals surface area contributed by atoms with Gasteiger partial charge in [-0.25, -0.2) is 9.07 Å². The third-order valence-corrected chi connectivity index (χ3v) is 4.32. The summed E-state index contributed by atoms with van der Waals surface area (Å²) < 4.78 is 22.1. The van der Waals surface area contributed by atoms with E-state index in [1.54, 1.807) is 65.2 Å². The van der Waals surface area contributed by atoms with Gasteiger partial charge in [0.25, 0.3) is 5.91 Å². The van der Waals surface area contributed by atoms with Gasteiger partial charge in [0, 0.05) is 24.1 Å². The molecule has 0 saturated carbocycles. The molecule has 0 spiro atoms. The lowest BCUT2D eigenvalue weighted by Crippen LogP contribution is -2.16. The number of ether oxygens (including phenoxy) is 1. The van der Waals surface area contributed by atoms with Crippen LogP contribution >= 0.6 is 0 Å². The van der Waals surface area contributed by atoms with E-state index in [2.05, 4.69) is 15.6 Å². The number of carbonyl (C=O) groups excluding carboxylic acids is 1. The normalized spacial score (nSPS) is 10.7. The van der Waals surface area contributed by atoms with Crippen LogP contribution < -0.4 is 10.1 Å². The van der Waals surface area contributed by atoms with Crippen LogP contribution in [0, 0.1) is 5.82 Å². The van der Waals surface area contributed by atoms with Crippen molar-refractivity contribution >= 4 is 11.6 Å². The van der Waals surface area contributed by atoms with Gasteiger partial charge in [0.1, 0.15) is 11.6 Å². The van der Waals surface area contributed by atoms with Crippen molar-refractivity contribution < 1.29 is 13.9 Å². The zero-order chi connectivity index (χ0) is 20.2. The second-order valence-corrected chi connectivity index (χ2v) is 6.33. The highest BCUT2D eigenvalue weighted by Gasteiger charge is 2.21. The number of amides is 1. The molecule has 0 aliphatic heterocycles. The smallest absolute Gasteiger partial charge is 0.280 e. The number of hydrogen-bond donors (Lipinski definition) is 1. The Morgan fingerprint density at radius 3 is 2.66 bits per heavy atom. The number of nitrogens with zero attached hydrogens (tertiary/aromatic N) is 4. The fraction of sp³-hybridized carbons (Fsp3) is 0.0952. The van der Waals surface area contributed by atoms with E-state index in [0.29, 0.717) is 22.8 Å². The van der Waals surface area contributed by atoms with Gasteiger partial charge >= 0.3 is 0 Å². The van der Waals surface area contributed by atoms with Crippen molar-refractivity contribution in [3.8, 4) is 11.6 Å². The molecule has 0 radical (unpaired) electrons. The molecule has 4 rings (SSSR count). The first-order chi connectivity index (χ1) is 14.1. The van der Waals surface area contributed by atoms with Crippen LogP contribution in [0.1, 0.15) is 16.1 Å². The number of halogens is 1. The zero-order valence-corrected chi connectivity index (χ0v) is 15.6. The Labute approximate surface area is 166 Å². The number of nitrogens with one attached hydrogen (secondary N) is 1. The Balaban J connectivity index is 1.68. The summed E-state index contributed by atoms with van der Waals surface area (Å²) >= 11 is 0. The average Bonchev–Trinajstić information content (AvgIpc) is 3.38. The van der Waals surface area contributed by atoms with Crippen LogP contribution in [0.15, 0.2) is 73.1 Å². The summed E-state index contributed by atoms with van der Waals surface area (Å²) in [6.07, 6.45) is 3.59. The minimum absolute atomic E-state index is 0.153. The highest BCUT2D eigenvalue weighted by Crippen LogP contribution is 2.20. The van der Waals surface area contributed by atoms with Crippen LogP contribution in [0.2, 0.25) is 0 Å². The number of methoxy groups -OCH3 is 1. The number of hydrogen-bond acceptors (Lipinski definition) is 4. The highest BCUT2D eigenvalue weighted by molar-refractivity contribution is 6.05. The number of aromatic nitrogens is 4. The van der Waals surface area contributed by atoms with Crippen molar-refractivity contribution in [2.24, 2.45) is 0 Å². The largest absolute Gasteiger partial charge is 0.497 e. The highest BCUT2D eigenvalue weighted by atomic mass is 19.1. The molecule has 0 bridgehead atoms. The van der Waals surface area contributed by atoms with Crippen LogP contribution in [-0.2, 0) is 6.54 Å². The second kappa shape index (κ2) is 7.97. The van der Waals surface area contributed by atoms with E-state index >= 15 is 0 Å². The predicted molar refractivity (Wildman–Crippen MR) is 106 cm³/mol. The maximum atomic E-state index is 13.6. The Morgan fingerprint density at radius 1 is 1.10 bits per heavy atom. The fourth-order valence-corrected chi connectivity index (χ4v) is 2.99. The van der Waals surface area contributed by atoms with Crippen LogP contribution in [0.25, 0.3) is 5.82 Å². The van der Waals surface area contributed by atoms with Gasteiger partial charge in [-0.1, -0.05) is 23.4 Å². The molecule has 1 amide bonds. The molecule has 1 N–H and O–H groups in total. The molecule has 0 aliphatic rings. The lowest BCUT2D eigenvalue weighted by atomic mass is 10.2. The molecular formula is C21H18FN5O2. The Kier molecular flexibility index (Phi) is 5.07. The number of rotatable bonds is 6. The van der Waals surface area contributed by atoms with Gasteiger partial charge in [-0.2, -0.15) is 0 Å². The minimum Gasteiger partial charge on any atom is -0.497 e. The van der Waals surface area contributed by atoms with Gasteiger partial charge in [-0.05, 0) is 42.0 Å². The molecule has 7 nitrogen and oxygen atoms in total. The molecule has 146 valence electrons. The molecule has 29 heavy (non-hydrogen) atoms. The van der Waals surface area contributed by atoms with Crippen LogP contribution in [0.5, 0.6) is 5.75 Å². The molecule has 0 saturated heterocycles. The van der Waals surface area contributed by atoms with E-state index in [0.717, 1.165) is 0 Å². The lowest BCUT2D eigenvalue weighted by molar-refractivity contribution is 0.102. The summed E-state index contributed by atoms with van der Waals surface area (Å²) in [5.74, 6) is 0.372. The Morgan fingerprint density at radius 2 is 1.90 bits per heavy atom. The Bertz CT molecular complexity index is 1140. The maximum absolute atomic E-state index is 13.6.